The smallest absolute Gasteiger partial charge is 0.253 e. The Kier molecular flexibility index (Phi) is 5.08. The average molecular weight is 334 g/mol. The van der Waals surface area contributed by atoms with E-state index in [1.54, 1.807) is 13.8 Å². The molecule has 1 aromatic heterocycles. The highest BCUT2D eigenvalue weighted by molar-refractivity contribution is 6.19. The van der Waals surface area contributed by atoms with Crippen molar-refractivity contribution in [1.82, 2.24) is 15.3 Å². The molecular formula is C16H16F2N4O2. The minimum Gasteiger partial charge on any atom is -0.434 e. The number of hydrogen-bond donors (Lipinski definition) is 2. The Hall–Kier alpha value is -3.03. The third-order valence-corrected chi connectivity index (χ3v) is 2.87. The number of benzene rings is 1. The van der Waals surface area contributed by atoms with Crippen LogP contribution in [0.15, 0.2) is 31.0 Å². The largest absolute Gasteiger partial charge is 0.434 e. The van der Waals surface area contributed by atoms with Crippen LogP contribution in [-0.4, -0.2) is 21.9 Å². The first-order valence-corrected chi connectivity index (χ1v) is 7.03. The quantitative estimate of drug-likeness (QED) is 0.821. The molecule has 1 amide bonds. The van der Waals surface area contributed by atoms with Gasteiger partial charge in [-0.1, -0.05) is 6.58 Å². The number of nitrogens with zero attached hydrogens (tertiary/aromatic N) is 2. The Morgan fingerprint density at radius 2 is 2.08 bits per heavy atom. The van der Waals surface area contributed by atoms with Crippen LogP contribution in [0.1, 0.15) is 19.5 Å². The molecule has 2 aromatic rings. The normalized spacial score (nSPS) is 10.5. The second-order valence-electron chi connectivity index (χ2n) is 5.23. The van der Waals surface area contributed by atoms with Gasteiger partial charge in [-0.15, -0.1) is 0 Å². The predicted molar refractivity (Wildman–Crippen MR) is 85.2 cm³/mol. The lowest BCUT2D eigenvalue weighted by molar-refractivity contribution is -0.116. The minimum absolute atomic E-state index is 0.00118. The van der Waals surface area contributed by atoms with Gasteiger partial charge in [-0.05, 0) is 26.0 Å². The van der Waals surface area contributed by atoms with Gasteiger partial charge in [0.15, 0.2) is 11.6 Å². The van der Waals surface area contributed by atoms with Crippen LogP contribution in [0, 0.1) is 11.6 Å². The first-order valence-electron chi connectivity index (χ1n) is 7.03. The van der Waals surface area contributed by atoms with E-state index in [-0.39, 0.29) is 34.8 Å². The Balaban J connectivity index is 2.28. The number of carbonyl (C=O) groups excluding carboxylic acids is 1. The summed E-state index contributed by atoms with van der Waals surface area (Å²) in [6.07, 6.45) is 1.16. The van der Waals surface area contributed by atoms with Gasteiger partial charge in [-0.2, -0.15) is 0 Å². The van der Waals surface area contributed by atoms with Crippen molar-refractivity contribution in [2.75, 3.05) is 5.73 Å². The number of hydrogen-bond acceptors (Lipinski definition) is 5. The van der Waals surface area contributed by atoms with E-state index in [4.69, 9.17) is 10.5 Å². The number of anilines is 1. The molecule has 8 heteroatoms. The summed E-state index contributed by atoms with van der Waals surface area (Å²) in [4.78, 5) is 19.9. The van der Waals surface area contributed by atoms with Gasteiger partial charge in [0.2, 0.25) is 5.88 Å². The maximum Gasteiger partial charge on any atom is 0.253 e. The molecule has 1 aromatic carbocycles. The van der Waals surface area contributed by atoms with Crippen LogP contribution in [0.25, 0.3) is 5.57 Å². The Morgan fingerprint density at radius 1 is 1.38 bits per heavy atom. The molecule has 0 saturated carbocycles. The molecule has 0 unspecified atom stereocenters. The van der Waals surface area contributed by atoms with E-state index in [0.717, 1.165) is 18.3 Å². The molecule has 0 fully saturated rings. The van der Waals surface area contributed by atoms with Gasteiger partial charge < -0.3 is 15.8 Å². The van der Waals surface area contributed by atoms with E-state index in [1.165, 1.54) is 0 Å². The second kappa shape index (κ2) is 7.03. The summed E-state index contributed by atoms with van der Waals surface area (Å²) in [6, 6.07) is 2.73. The highest BCUT2D eigenvalue weighted by Crippen LogP contribution is 2.25. The van der Waals surface area contributed by atoms with Gasteiger partial charge in [0.1, 0.15) is 17.3 Å². The number of carbonyl (C=O) groups is 1. The van der Waals surface area contributed by atoms with Gasteiger partial charge in [-0.3, -0.25) is 4.79 Å². The van der Waals surface area contributed by atoms with Crippen molar-refractivity contribution in [1.29, 1.82) is 0 Å². The summed E-state index contributed by atoms with van der Waals surface area (Å²) in [5, 5.41) is 2.65. The fourth-order valence-corrected chi connectivity index (χ4v) is 1.78. The summed E-state index contributed by atoms with van der Waals surface area (Å²) >= 11 is 0. The molecule has 0 saturated heterocycles. The lowest BCUT2D eigenvalue weighted by atomic mass is 10.2. The first kappa shape index (κ1) is 17.3. The molecular weight excluding hydrogens is 318 g/mol. The Morgan fingerprint density at radius 3 is 2.71 bits per heavy atom. The van der Waals surface area contributed by atoms with E-state index in [0.29, 0.717) is 6.07 Å². The summed E-state index contributed by atoms with van der Waals surface area (Å²) in [6.45, 7) is 7.22. The zero-order valence-electron chi connectivity index (χ0n) is 13.1. The fourth-order valence-electron chi connectivity index (χ4n) is 1.78. The zero-order valence-corrected chi connectivity index (χ0v) is 13.1. The monoisotopic (exact) mass is 334 g/mol. The van der Waals surface area contributed by atoms with E-state index in [9.17, 15) is 13.6 Å². The van der Waals surface area contributed by atoms with Gasteiger partial charge >= 0.3 is 0 Å². The predicted octanol–water partition coefficient (Wildman–Crippen LogP) is 2.67. The van der Waals surface area contributed by atoms with E-state index >= 15 is 0 Å². The maximum absolute atomic E-state index is 13.6. The van der Waals surface area contributed by atoms with Gasteiger partial charge in [0.05, 0.1) is 11.8 Å². The average Bonchev–Trinajstić information content (AvgIpc) is 2.50. The maximum atomic E-state index is 13.6. The third kappa shape index (κ3) is 4.03. The third-order valence-electron chi connectivity index (χ3n) is 2.87. The number of aromatic nitrogens is 2. The molecule has 0 aliphatic rings. The molecule has 1 heterocycles. The number of rotatable bonds is 5. The van der Waals surface area contributed by atoms with Crippen LogP contribution in [0.3, 0.4) is 0 Å². The minimum atomic E-state index is -0.897. The van der Waals surface area contributed by atoms with E-state index in [2.05, 4.69) is 21.9 Å². The molecule has 0 aliphatic carbocycles. The molecule has 0 aliphatic heterocycles. The van der Waals surface area contributed by atoms with Crippen molar-refractivity contribution < 1.29 is 18.3 Å². The van der Waals surface area contributed by atoms with E-state index in [1.807, 2.05) is 0 Å². The molecule has 0 spiro atoms. The SMILES string of the molecule is C=C(C(=O)NC(C)C)c1nc(Oc2ccc(F)cc2F)cnc1N. The lowest BCUT2D eigenvalue weighted by Gasteiger charge is -2.12. The molecule has 0 radical (unpaired) electrons. The summed E-state index contributed by atoms with van der Waals surface area (Å²) < 4.78 is 31.8. The summed E-state index contributed by atoms with van der Waals surface area (Å²) in [5.41, 5.74) is 5.73. The molecule has 3 N–H and O–H groups in total. The number of nitrogens with two attached hydrogens (primary N) is 1. The standard InChI is InChI=1S/C16H16F2N4O2/c1-8(2)21-16(23)9(3)14-15(19)20-7-13(22-14)24-12-5-4-10(17)6-11(12)18/h4-8H,3H2,1-2H3,(H2,19,20)(H,21,23). The molecule has 2 rings (SSSR count). The molecule has 6 nitrogen and oxygen atoms in total. The summed E-state index contributed by atoms with van der Waals surface area (Å²) in [5.74, 6) is -2.46. The highest BCUT2D eigenvalue weighted by Gasteiger charge is 2.17. The Bertz CT molecular complexity index is 794. The molecule has 24 heavy (non-hydrogen) atoms. The zero-order chi connectivity index (χ0) is 17.9. The van der Waals surface area contributed by atoms with Crippen LogP contribution in [-0.2, 0) is 4.79 Å². The second-order valence-corrected chi connectivity index (χ2v) is 5.23. The molecule has 0 bridgehead atoms. The van der Waals surface area contributed by atoms with Crippen LogP contribution in [0.4, 0.5) is 14.6 Å². The van der Waals surface area contributed by atoms with Gasteiger partial charge in [-0.25, -0.2) is 18.7 Å². The van der Waals surface area contributed by atoms with Crippen molar-refractivity contribution in [3.63, 3.8) is 0 Å². The number of halogens is 2. The number of ether oxygens (including phenoxy) is 1. The van der Waals surface area contributed by atoms with Crippen LogP contribution in [0.5, 0.6) is 11.6 Å². The van der Waals surface area contributed by atoms with Crippen molar-refractivity contribution in [3.05, 3.63) is 48.3 Å². The van der Waals surface area contributed by atoms with Crippen LogP contribution in [0.2, 0.25) is 0 Å². The van der Waals surface area contributed by atoms with Crippen molar-refractivity contribution in [2.45, 2.75) is 19.9 Å². The van der Waals surface area contributed by atoms with Crippen LogP contribution >= 0.6 is 0 Å². The number of nitrogen functional groups attached to an aromatic ring is 1. The molecule has 0 atom stereocenters. The van der Waals surface area contributed by atoms with E-state index < -0.39 is 17.5 Å². The van der Waals surface area contributed by atoms with Crippen LogP contribution < -0.4 is 15.8 Å². The topological polar surface area (TPSA) is 90.1 Å². The van der Waals surface area contributed by atoms with Crippen molar-refractivity contribution in [2.24, 2.45) is 0 Å². The number of amides is 1. The lowest BCUT2D eigenvalue weighted by Crippen LogP contribution is -2.31. The first-order chi connectivity index (χ1) is 11.3. The molecule has 126 valence electrons. The van der Waals surface area contributed by atoms with Gasteiger partial charge in [0, 0.05) is 12.1 Å². The van der Waals surface area contributed by atoms with Gasteiger partial charge in [0.25, 0.3) is 5.91 Å². The Labute approximate surface area is 137 Å². The number of nitrogens with one attached hydrogen (secondary N) is 1. The highest BCUT2D eigenvalue weighted by atomic mass is 19.1. The fraction of sp³-hybridized carbons (Fsp3) is 0.188. The summed E-state index contributed by atoms with van der Waals surface area (Å²) in [7, 11) is 0. The van der Waals surface area contributed by atoms with Crippen molar-refractivity contribution >= 4 is 17.3 Å². The van der Waals surface area contributed by atoms with Crippen molar-refractivity contribution in [3.8, 4) is 11.6 Å².